The third kappa shape index (κ3) is 4.71. The van der Waals surface area contributed by atoms with Crippen molar-refractivity contribution in [3.8, 4) is 11.5 Å². The molecule has 1 atom stereocenters. The van der Waals surface area contributed by atoms with Gasteiger partial charge in [-0.2, -0.15) is 0 Å². The Hall–Kier alpha value is -4.91. The molecule has 0 N–H and O–H groups in total. The van der Waals surface area contributed by atoms with Crippen LogP contribution < -0.4 is 4.74 Å². The van der Waals surface area contributed by atoms with Crippen molar-refractivity contribution in [1.29, 1.82) is 0 Å². The minimum atomic E-state index is -1.16. The van der Waals surface area contributed by atoms with Crippen molar-refractivity contribution < 1.29 is 14.3 Å². The van der Waals surface area contributed by atoms with Gasteiger partial charge in [-0.25, -0.2) is 9.78 Å². The van der Waals surface area contributed by atoms with Crippen LogP contribution in [0.2, 0.25) is 0 Å². The van der Waals surface area contributed by atoms with Crippen LogP contribution in [-0.4, -0.2) is 37.8 Å². The lowest BCUT2D eigenvalue weighted by Crippen LogP contribution is -2.44. The van der Waals surface area contributed by atoms with Crippen LogP contribution in [0.15, 0.2) is 116 Å². The van der Waals surface area contributed by atoms with Gasteiger partial charge in [0.15, 0.2) is 0 Å². The number of rotatable bonds is 9. The molecule has 7 nitrogen and oxygen atoms in total. The molecule has 5 aromatic rings. The van der Waals surface area contributed by atoms with E-state index in [4.69, 9.17) is 4.74 Å². The molecular weight excluding hydrogens is 500 g/mol. The number of fused-ring (bicyclic) bond motifs is 1. The Morgan fingerprint density at radius 1 is 0.800 bits per heavy atom. The van der Waals surface area contributed by atoms with E-state index in [1.54, 1.807) is 17.4 Å². The highest BCUT2D eigenvalue weighted by Crippen LogP contribution is 2.41. The Bertz CT molecular complexity index is 1630. The van der Waals surface area contributed by atoms with E-state index in [-0.39, 0.29) is 18.5 Å². The van der Waals surface area contributed by atoms with Gasteiger partial charge in [-0.3, -0.25) is 9.69 Å². The molecular formula is C33H30N4O3. The standard InChI is InChI=1S/C33H30N4O3/c1-33(30-14-7-10-26-9-5-6-13-29(26)30)31(38)36(21-8-20-35-22-19-34-24-35)32(39)37(33)23-25-15-17-28(18-16-25)40-27-11-3-2-4-12-27/h2-7,9-19,22,24H,8,20-21,23H2,1H3. The predicted molar refractivity (Wildman–Crippen MR) is 154 cm³/mol. The van der Waals surface area contributed by atoms with E-state index >= 15 is 0 Å². The number of imide groups is 1. The minimum absolute atomic E-state index is 0.205. The zero-order valence-corrected chi connectivity index (χ0v) is 22.3. The topological polar surface area (TPSA) is 67.7 Å². The first-order chi connectivity index (χ1) is 19.5. The molecule has 3 amide bonds. The molecule has 40 heavy (non-hydrogen) atoms. The fourth-order valence-corrected chi connectivity index (χ4v) is 5.44. The Morgan fingerprint density at radius 3 is 2.30 bits per heavy atom. The molecule has 2 heterocycles. The van der Waals surface area contributed by atoms with Crippen molar-refractivity contribution in [2.24, 2.45) is 0 Å². The Labute approximate surface area is 233 Å². The lowest BCUT2D eigenvalue weighted by atomic mass is 9.86. The van der Waals surface area contributed by atoms with Crippen LogP contribution in [-0.2, 0) is 23.4 Å². The fraction of sp³-hybridized carbons (Fsp3) is 0.182. The summed E-state index contributed by atoms with van der Waals surface area (Å²) in [6.07, 6.45) is 5.98. The molecule has 1 aromatic heterocycles. The maximum Gasteiger partial charge on any atom is 0.328 e. The second kappa shape index (κ2) is 10.7. The average Bonchev–Trinajstić information content (AvgIpc) is 3.57. The normalized spacial score (nSPS) is 17.1. The van der Waals surface area contributed by atoms with Crippen LogP contribution in [0.3, 0.4) is 0 Å². The lowest BCUT2D eigenvalue weighted by Gasteiger charge is -2.33. The number of ether oxygens (including phenoxy) is 1. The van der Waals surface area contributed by atoms with Crippen LogP contribution in [0.4, 0.5) is 4.79 Å². The number of aryl methyl sites for hydroxylation is 1. The van der Waals surface area contributed by atoms with Crippen molar-refractivity contribution in [1.82, 2.24) is 19.4 Å². The predicted octanol–water partition coefficient (Wildman–Crippen LogP) is 6.60. The van der Waals surface area contributed by atoms with E-state index in [0.29, 0.717) is 25.3 Å². The van der Waals surface area contributed by atoms with Gasteiger partial charge in [0.25, 0.3) is 5.91 Å². The monoisotopic (exact) mass is 530 g/mol. The van der Waals surface area contributed by atoms with Gasteiger partial charge in [0.1, 0.15) is 17.0 Å². The Morgan fingerprint density at radius 2 is 1.52 bits per heavy atom. The fourth-order valence-electron chi connectivity index (χ4n) is 5.44. The van der Waals surface area contributed by atoms with E-state index in [1.807, 2.05) is 115 Å². The second-order valence-corrected chi connectivity index (χ2v) is 10.1. The number of benzene rings is 4. The molecule has 0 aliphatic carbocycles. The van der Waals surface area contributed by atoms with Gasteiger partial charge in [0.05, 0.1) is 6.33 Å². The molecule has 0 bridgehead atoms. The van der Waals surface area contributed by atoms with Gasteiger partial charge in [-0.1, -0.05) is 72.8 Å². The smallest absolute Gasteiger partial charge is 0.328 e. The van der Waals surface area contributed by atoms with Gasteiger partial charge < -0.3 is 14.2 Å². The molecule has 200 valence electrons. The van der Waals surface area contributed by atoms with Crippen molar-refractivity contribution >= 4 is 22.7 Å². The molecule has 6 rings (SSSR count). The summed E-state index contributed by atoms with van der Waals surface area (Å²) in [6, 6.07) is 30.9. The highest BCUT2D eigenvalue weighted by atomic mass is 16.5. The highest BCUT2D eigenvalue weighted by Gasteiger charge is 2.55. The molecule has 0 radical (unpaired) electrons. The van der Waals surface area contributed by atoms with E-state index < -0.39 is 5.54 Å². The van der Waals surface area contributed by atoms with Crippen molar-refractivity contribution in [2.45, 2.75) is 32.0 Å². The number of carbonyl (C=O) groups is 2. The third-order valence-corrected chi connectivity index (χ3v) is 7.58. The summed E-state index contributed by atoms with van der Waals surface area (Å²) >= 11 is 0. The summed E-state index contributed by atoms with van der Waals surface area (Å²) in [7, 11) is 0. The Kier molecular flexibility index (Phi) is 6.78. The van der Waals surface area contributed by atoms with Gasteiger partial charge >= 0.3 is 6.03 Å². The van der Waals surface area contributed by atoms with Crippen molar-refractivity contribution in [3.63, 3.8) is 0 Å². The number of urea groups is 1. The maximum absolute atomic E-state index is 14.2. The first-order valence-electron chi connectivity index (χ1n) is 13.4. The van der Waals surface area contributed by atoms with Gasteiger partial charge in [0, 0.05) is 32.0 Å². The molecule has 1 saturated heterocycles. The largest absolute Gasteiger partial charge is 0.457 e. The number of aromatic nitrogens is 2. The number of hydrogen-bond acceptors (Lipinski definition) is 4. The average molecular weight is 531 g/mol. The van der Waals surface area contributed by atoms with E-state index in [1.165, 1.54) is 4.90 Å². The van der Waals surface area contributed by atoms with E-state index in [0.717, 1.165) is 27.6 Å². The van der Waals surface area contributed by atoms with Crippen LogP contribution in [0, 0.1) is 0 Å². The summed E-state index contributed by atoms with van der Waals surface area (Å²) in [6.45, 7) is 3.16. The number of hydrogen-bond donors (Lipinski definition) is 0. The van der Waals surface area contributed by atoms with Crippen LogP contribution in [0.5, 0.6) is 11.5 Å². The zero-order valence-electron chi connectivity index (χ0n) is 22.3. The molecule has 1 aliphatic heterocycles. The first kappa shape index (κ1) is 25.4. The van der Waals surface area contributed by atoms with Gasteiger partial charge in [-0.05, 0) is 59.5 Å². The first-order valence-corrected chi connectivity index (χ1v) is 13.4. The Balaban J connectivity index is 1.31. The quantitative estimate of drug-likeness (QED) is 0.201. The van der Waals surface area contributed by atoms with Crippen molar-refractivity contribution in [2.75, 3.05) is 6.54 Å². The second-order valence-electron chi connectivity index (χ2n) is 10.1. The van der Waals surface area contributed by atoms with E-state index in [2.05, 4.69) is 4.98 Å². The van der Waals surface area contributed by atoms with Crippen LogP contribution in [0.1, 0.15) is 24.5 Å². The molecule has 7 heteroatoms. The summed E-state index contributed by atoms with van der Waals surface area (Å²) < 4.78 is 7.89. The summed E-state index contributed by atoms with van der Waals surface area (Å²) in [4.78, 5) is 35.3. The van der Waals surface area contributed by atoms with Crippen LogP contribution in [0.25, 0.3) is 10.8 Å². The number of amides is 3. The van der Waals surface area contributed by atoms with Crippen LogP contribution >= 0.6 is 0 Å². The summed E-state index contributed by atoms with van der Waals surface area (Å²) in [5.41, 5.74) is 0.574. The number of nitrogens with zero attached hydrogens (tertiary/aromatic N) is 4. The van der Waals surface area contributed by atoms with Gasteiger partial charge in [0.2, 0.25) is 0 Å². The summed E-state index contributed by atoms with van der Waals surface area (Å²) in [5.74, 6) is 1.26. The highest BCUT2D eigenvalue weighted by molar-refractivity contribution is 6.09. The third-order valence-electron chi connectivity index (χ3n) is 7.58. The number of imidazole rings is 1. The molecule has 0 saturated carbocycles. The number of carbonyl (C=O) groups excluding carboxylic acids is 2. The summed E-state index contributed by atoms with van der Waals surface area (Å²) in [5, 5.41) is 1.99. The zero-order chi connectivity index (χ0) is 27.5. The molecule has 1 unspecified atom stereocenters. The maximum atomic E-state index is 14.2. The molecule has 1 aliphatic rings. The lowest BCUT2D eigenvalue weighted by molar-refractivity contribution is -0.133. The molecule has 1 fully saturated rings. The van der Waals surface area contributed by atoms with Crippen molar-refractivity contribution in [3.05, 3.63) is 127 Å². The minimum Gasteiger partial charge on any atom is -0.457 e. The SMILES string of the molecule is CC1(c2cccc3ccccc23)C(=O)N(CCCn2ccnc2)C(=O)N1Cc1ccc(Oc2ccccc2)cc1. The van der Waals surface area contributed by atoms with E-state index in [9.17, 15) is 9.59 Å². The molecule has 0 spiro atoms. The number of para-hydroxylation sites is 1. The molecule has 4 aromatic carbocycles. The van der Waals surface area contributed by atoms with Gasteiger partial charge in [-0.15, -0.1) is 0 Å².